The molecule has 2 aromatic rings. The molecule has 18 heavy (non-hydrogen) atoms. The number of ether oxygens (including phenoxy) is 1. The lowest BCUT2D eigenvalue weighted by Gasteiger charge is -2.10. The molecular formula is C13H10F3NO. The minimum Gasteiger partial charge on any atom is -0.484 e. The molecule has 0 heterocycles. The number of anilines is 1. The molecule has 0 aliphatic rings. The molecule has 0 atom stereocenters. The Labute approximate surface area is 102 Å². The average Bonchev–Trinajstić information content (AvgIpc) is 2.33. The summed E-state index contributed by atoms with van der Waals surface area (Å²) in [7, 11) is 0. The molecular weight excluding hydrogens is 243 g/mol. The maximum atomic E-state index is 13.4. The number of nitrogen functional groups attached to an aromatic ring is 1. The molecule has 0 aliphatic carbocycles. The van der Waals surface area contributed by atoms with Gasteiger partial charge in [-0.2, -0.15) is 0 Å². The zero-order valence-corrected chi connectivity index (χ0v) is 9.29. The van der Waals surface area contributed by atoms with Crippen molar-refractivity contribution in [1.82, 2.24) is 0 Å². The Hall–Kier alpha value is -2.17. The van der Waals surface area contributed by atoms with E-state index in [2.05, 4.69) is 0 Å². The zero-order valence-electron chi connectivity index (χ0n) is 9.29. The van der Waals surface area contributed by atoms with Gasteiger partial charge in [0.2, 0.25) is 0 Å². The summed E-state index contributed by atoms with van der Waals surface area (Å²) in [5.74, 6) is -2.79. The van der Waals surface area contributed by atoms with Crippen LogP contribution in [0.25, 0.3) is 0 Å². The fourth-order valence-electron chi connectivity index (χ4n) is 1.49. The number of rotatable bonds is 3. The van der Waals surface area contributed by atoms with Crippen LogP contribution in [0.1, 0.15) is 5.56 Å². The molecule has 0 saturated heterocycles. The third-order valence-electron chi connectivity index (χ3n) is 2.40. The average molecular weight is 253 g/mol. The Kier molecular flexibility index (Phi) is 3.41. The van der Waals surface area contributed by atoms with Crippen molar-refractivity contribution in [2.45, 2.75) is 6.61 Å². The van der Waals surface area contributed by atoms with E-state index in [-0.39, 0.29) is 23.6 Å². The van der Waals surface area contributed by atoms with Crippen LogP contribution >= 0.6 is 0 Å². The molecule has 0 unspecified atom stereocenters. The monoisotopic (exact) mass is 253 g/mol. The van der Waals surface area contributed by atoms with Crippen molar-refractivity contribution in [1.29, 1.82) is 0 Å². The van der Waals surface area contributed by atoms with Crippen molar-refractivity contribution in [3.05, 3.63) is 59.4 Å². The van der Waals surface area contributed by atoms with Gasteiger partial charge >= 0.3 is 0 Å². The van der Waals surface area contributed by atoms with E-state index >= 15 is 0 Å². The first kappa shape index (κ1) is 12.3. The highest BCUT2D eigenvalue weighted by atomic mass is 19.2. The highest BCUT2D eigenvalue weighted by molar-refractivity contribution is 5.52. The summed E-state index contributed by atoms with van der Waals surface area (Å²) < 4.78 is 44.7. The van der Waals surface area contributed by atoms with Crippen molar-refractivity contribution >= 4 is 5.69 Å². The molecule has 0 saturated carbocycles. The second-order valence-corrected chi connectivity index (χ2v) is 3.66. The van der Waals surface area contributed by atoms with Gasteiger partial charge in [-0.15, -0.1) is 0 Å². The summed E-state index contributed by atoms with van der Waals surface area (Å²) >= 11 is 0. The molecule has 0 aromatic heterocycles. The van der Waals surface area contributed by atoms with Crippen LogP contribution in [-0.2, 0) is 6.61 Å². The number of halogens is 3. The van der Waals surface area contributed by atoms with Crippen LogP contribution in [-0.4, -0.2) is 0 Å². The van der Waals surface area contributed by atoms with Gasteiger partial charge in [-0.05, 0) is 18.2 Å². The third kappa shape index (κ3) is 2.40. The smallest absolute Gasteiger partial charge is 0.178 e. The van der Waals surface area contributed by atoms with Crippen LogP contribution in [0.3, 0.4) is 0 Å². The van der Waals surface area contributed by atoms with Crippen LogP contribution in [0, 0.1) is 17.5 Å². The van der Waals surface area contributed by atoms with E-state index in [1.165, 1.54) is 30.3 Å². The molecule has 0 fully saturated rings. The predicted molar refractivity (Wildman–Crippen MR) is 61.5 cm³/mol. The van der Waals surface area contributed by atoms with E-state index in [1.54, 1.807) is 0 Å². The highest BCUT2D eigenvalue weighted by Gasteiger charge is 2.11. The number of para-hydroxylation sites is 1. The van der Waals surface area contributed by atoms with Gasteiger partial charge in [0.25, 0.3) is 0 Å². The van der Waals surface area contributed by atoms with E-state index in [0.717, 1.165) is 6.07 Å². The van der Waals surface area contributed by atoms with E-state index in [4.69, 9.17) is 10.5 Å². The van der Waals surface area contributed by atoms with Crippen LogP contribution in [0.4, 0.5) is 18.9 Å². The minimum absolute atomic E-state index is 0.00217. The lowest BCUT2D eigenvalue weighted by molar-refractivity contribution is 0.284. The minimum atomic E-state index is -1.01. The second-order valence-electron chi connectivity index (χ2n) is 3.66. The number of hydrogen-bond acceptors (Lipinski definition) is 2. The summed E-state index contributed by atoms with van der Waals surface area (Å²) in [6.45, 7) is -0.297. The van der Waals surface area contributed by atoms with Gasteiger partial charge in [0.1, 0.15) is 6.61 Å². The summed E-state index contributed by atoms with van der Waals surface area (Å²) in [5.41, 5.74) is 5.62. The van der Waals surface area contributed by atoms with Crippen LogP contribution < -0.4 is 10.5 Å². The lowest BCUT2D eigenvalue weighted by atomic mass is 10.2. The zero-order chi connectivity index (χ0) is 13.1. The van der Waals surface area contributed by atoms with Crippen molar-refractivity contribution in [2.24, 2.45) is 0 Å². The summed E-state index contributed by atoms with van der Waals surface area (Å²) in [4.78, 5) is 0. The standard InChI is InChI=1S/C13H10F3NO/c14-9-4-1-3-8(12(9)16)7-18-13-10(15)5-2-6-11(13)17/h1-6H,7,17H2. The van der Waals surface area contributed by atoms with Crippen molar-refractivity contribution in [2.75, 3.05) is 5.73 Å². The first-order chi connectivity index (χ1) is 8.59. The van der Waals surface area contributed by atoms with E-state index in [1.807, 2.05) is 0 Å². The normalized spacial score (nSPS) is 10.4. The summed E-state index contributed by atoms with van der Waals surface area (Å²) in [6.07, 6.45) is 0. The maximum absolute atomic E-state index is 13.4. The molecule has 2 aromatic carbocycles. The molecule has 0 amide bonds. The van der Waals surface area contributed by atoms with Gasteiger partial charge in [-0.1, -0.05) is 18.2 Å². The molecule has 5 heteroatoms. The Balaban J connectivity index is 2.19. The fourth-order valence-corrected chi connectivity index (χ4v) is 1.49. The highest BCUT2D eigenvalue weighted by Crippen LogP contribution is 2.26. The number of benzene rings is 2. The Morgan fingerprint density at radius 2 is 1.61 bits per heavy atom. The number of nitrogens with two attached hydrogens (primary N) is 1. The van der Waals surface area contributed by atoms with Gasteiger partial charge in [-0.25, -0.2) is 13.2 Å². The Morgan fingerprint density at radius 1 is 0.944 bits per heavy atom. The van der Waals surface area contributed by atoms with Crippen molar-refractivity contribution < 1.29 is 17.9 Å². The van der Waals surface area contributed by atoms with E-state index in [0.29, 0.717) is 0 Å². The van der Waals surface area contributed by atoms with Crippen LogP contribution in [0.5, 0.6) is 5.75 Å². The van der Waals surface area contributed by atoms with Gasteiger partial charge in [0, 0.05) is 5.56 Å². The van der Waals surface area contributed by atoms with Crippen LogP contribution in [0.15, 0.2) is 36.4 Å². The summed E-state index contributed by atoms with van der Waals surface area (Å²) in [5, 5.41) is 0. The van der Waals surface area contributed by atoms with Crippen molar-refractivity contribution in [3.8, 4) is 5.75 Å². The molecule has 2 N–H and O–H groups in total. The SMILES string of the molecule is Nc1cccc(F)c1OCc1cccc(F)c1F. The van der Waals surface area contributed by atoms with Gasteiger partial charge in [0.05, 0.1) is 5.69 Å². The molecule has 0 radical (unpaired) electrons. The van der Waals surface area contributed by atoms with Crippen LogP contribution in [0.2, 0.25) is 0 Å². The first-order valence-electron chi connectivity index (χ1n) is 5.19. The lowest BCUT2D eigenvalue weighted by Crippen LogP contribution is -2.03. The third-order valence-corrected chi connectivity index (χ3v) is 2.40. The Morgan fingerprint density at radius 3 is 2.33 bits per heavy atom. The predicted octanol–water partition coefficient (Wildman–Crippen LogP) is 3.27. The largest absolute Gasteiger partial charge is 0.484 e. The molecule has 94 valence electrons. The molecule has 0 spiro atoms. The molecule has 0 bridgehead atoms. The van der Waals surface area contributed by atoms with E-state index < -0.39 is 17.5 Å². The van der Waals surface area contributed by atoms with Gasteiger partial charge in [-0.3, -0.25) is 0 Å². The molecule has 0 aliphatic heterocycles. The topological polar surface area (TPSA) is 35.2 Å². The number of hydrogen-bond donors (Lipinski definition) is 1. The second kappa shape index (κ2) is 5.00. The maximum Gasteiger partial charge on any atom is 0.178 e. The fraction of sp³-hybridized carbons (Fsp3) is 0.0769. The molecule has 2 rings (SSSR count). The summed E-state index contributed by atoms with van der Waals surface area (Å²) in [6, 6.07) is 7.77. The molecule has 2 nitrogen and oxygen atoms in total. The first-order valence-corrected chi connectivity index (χ1v) is 5.19. The van der Waals surface area contributed by atoms with E-state index in [9.17, 15) is 13.2 Å². The van der Waals surface area contributed by atoms with Gasteiger partial charge < -0.3 is 10.5 Å². The quantitative estimate of drug-likeness (QED) is 0.852. The Bertz CT molecular complexity index is 552. The van der Waals surface area contributed by atoms with Gasteiger partial charge in [0.15, 0.2) is 23.2 Å². The van der Waals surface area contributed by atoms with Crippen molar-refractivity contribution in [3.63, 3.8) is 0 Å².